The summed E-state index contributed by atoms with van der Waals surface area (Å²) >= 11 is 0. The monoisotopic (exact) mass is 225 g/mol. The molecular weight excluding hydrogens is 214 g/mol. The predicted octanol–water partition coefficient (Wildman–Crippen LogP) is 1.76. The van der Waals surface area contributed by atoms with Gasteiger partial charge in [-0.2, -0.15) is 5.10 Å². The number of rotatable bonds is 2. The van der Waals surface area contributed by atoms with Gasteiger partial charge >= 0.3 is 0 Å². The SMILES string of the molecule is Cc1ccn(-c2cccc(-n3cnnc3)c2)n1. The second kappa shape index (κ2) is 3.86. The lowest BCUT2D eigenvalue weighted by Crippen LogP contribution is -1.97. The Labute approximate surface area is 98.3 Å². The van der Waals surface area contributed by atoms with E-state index in [0.29, 0.717) is 0 Å². The van der Waals surface area contributed by atoms with E-state index in [2.05, 4.69) is 15.3 Å². The molecule has 3 rings (SSSR count). The van der Waals surface area contributed by atoms with Crippen LogP contribution in [0.3, 0.4) is 0 Å². The largest absolute Gasteiger partial charge is 0.288 e. The normalized spacial score (nSPS) is 10.6. The van der Waals surface area contributed by atoms with Crippen LogP contribution in [-0.2, 0) is 0 Å². The van der Waals surface area contributed by atoms with Gasteiger partial charge in [-0.05, 0) is 31.2 Å². The lowest BCUT2D eigenvalue weighted by molar-refractivity contribution is 0.860. The van der Waals surface area contributed by atoms with Crippen LogP contribution in [-0.4, -0.2) is 24.5 Å². The van der Waals surface area contributed by atoms with Crippen LogP contribution in [0.25, 0.3) is 11.4 Å². The van der Waals surface area contributed by atoms with Crippen LogP contribution in [0.5, 0.6) is 0 Å². The van der Waals surface area contributed by atoms with Gasteiger partial charge in [0.15, 0.2) is 0 Å². The molecule has 0 unspecified atom stereocenters. The highest BCUT2D eigenvalue weighted by molar-refractivity contribution is 5.43. The van der Waals surface area contributed by atoms with Crippen LogP contribution in [0.1, 0.15) is 5.69 Å². The van der Waals surface area contributed by atoms with Crippen LogP contribution < -0.4 is 0 Å². The molecule has 0 N–H and O–H groups in total. The molecular formula is C12H11N5. The van der Waals surface area contributed by atoms with Gasteiger partial charge in [0.2, 0.25) is 0 Å². The van der Waals surface area contributed by atoms with E-state index in [4.69, 9.17) is 0 Å². The van der Waals surface area contributed by atoms with E-state index in [-0.39, 0.29) is 0 Å². The van der Waals surface area contributed by atoms with E-state index >= 15 is 0 Å². The highest BCUT2D eigenvalue weighted by atomic mass is 15.3. The van der Waals surface area contributed by atoms with E-state index in [1.54, 1.807) is 12.7 Å². The lowest BCUT2D eigenvalue weighted by atomic mass is 10.3. The maximum atomic E-state index is 4.38. The lowest BCUT2D eigenvalue weighted by Gasteiger charge is -2.05. The Morgan fingerprint density at radius 3 is 2.47 bits per heavy atom. The van der Waals surface area contributed by atoms with Gasteiger partial charge in [-0.25, -0.2) is 4.68 Å². The molecule has 0 bridgehead atoms. The van der Waals surface area contributed by atoms with Crippen molar-refractivity contribution in [2.75, 3.05) is 0 Å². The number of nitrogens with zero attached hydrogens (tertiary/aromatic N) is 5. The summed E-state index contributed by atoms with van der Waals surface area (Å²) in [6.07, 6.45) is 5.29. The molecule has 0 radical (unpaired) electrons. The molecule has 0 saturated carbocycles. The molecule has 17 heavy (non-hydrogen) atoms. The van der Waals surface area contributed by atoms with E-state index in [1.165, 1.54) is 0 Å². The van der Waals surface area contributed by atoms with Crippen LogP contribution in [0.2, 0.25) is 0 Å². The molecule has 2 aromatic heterocycles. The van der Waals surface area contributed by atoms with Crippen molar-refractivity contribution in [3.8, 4) is 11.4 Å². The number of aryl methyl sites for hydroxylation is 1. The molecule has 0 fully saturated rings. The van der Waals surface area contributed by atoms with Crippen molar-refractivity contribution >= 4 is 0 Å². The third kappa shape index (κ3) is 1.82. The van der Waals surface area contributed by atoms with E-state index in [0.717, 1.165) is 17.1 Å². The van der Waals surface area contributed by atoms with Gasteiger partial charge in [0.1, 0.15) is 12.7 Å². The minimum atomic E-state index is 1.000. The summed E-state index contributed by atoms with van der Waals surface area (Å²) in [5.74, 6) is 0. The topological polar surface area (TPSA) is 48.5 Å². The molecule has 2 heterocycles. The molecule has 0 spiro atoms. The zero-order chi connectivity index (χ0) is 11.7. The standard InChI is InChI=1S/C12H11N5/c1-10-5-6-17(15-10)12-4-2-3-11(7-12)16-8-13-14-9-16/h2-9H,1H3. The fraction of sp³-hybridized carbons (Fsp3) is 0.0833. The summed E-state index contributed by atoms with van der Waals surface area (Å²) in [5, 5.41) is 12.0. The first-order valence-corrected chi connectivity index (χ1v) is 5.31. The molecule has 0 atom stereocenters. The molecule has 5 nitrogen and oxygen atoms in total. The third-order valence-electron chi connectivity index (χ3n) is 2.53. The summed E-state index contributed by atoms with van der Waals surface area (Å²) in [6.45, 7) is 1.97. The van der Waals surface area contributed by atoms with Crippen molar-refractivity contribution in [1.29, 1.82) is 0 Å². The number of hydrogen-bond acceptors (Lipinski definition) is 3. The Kier molecular flexibility index (Phi) is 2.22. The van der Waals surface area contributed by atoms with Crippen molar-refractivity contribution in [2.24, 2.45) is 0 Å². The van der Waals surface area contributed by atoms with Crippen LogP contribution in [0, 0.1) is 6.92 Å². The first-order valence-electron chi connectivity index (χ1n) is 5.31. The van der Waals surface area contributed by atoms with Crippen molar-refractivity contribution in [3.63, 3.8) is 0 Å². The van der Waals surface area contributed by atoms with Crippen LogP contribution >= 0.6 is 0 Å². The average Bonchev–Trinajstić information content (AvgIpc) is 3.00. The summed E-state index contributed by atoms with van der Waals surface area (Å²) in [5.41, 5.74) is 3.03. The molecule has 5 heteroatoms. The molecule has 0 amide bonds. The van der Waals surface area contributed by atoms with Crippen molar-refractivity contribution < 1.29 is 0 Å². The van der Waals surface area contributed by atoms with Crippen molar-refractivity contribution in [2.45, 2.75) is 6.92 Å². The van der Waals surface area contributed by atoms with Gasteiger partial charge < -0.3 is 0 Å². The summed E-state index contributed by atoms with van der Waals surface area (Å²) in [7, 11) is 0. The quantitative estimate of drug-likeness (QED) is 0.667. The Balaban J connectivity index is 2.05. The molecule has 0 aliphatic heterocycles. The second-order valence-corrected chi connectivity index (χ2v) is 3.79. The van der Waals surface area contributed by atoms with Crippen LogP contribution in [0.4, 0.5) is 0 Å². The molecule has 0 saturated heterocycles. The summed E-state index contributed by atoms with van der Waals surface area (Å²) in [6, 6.07) is 10.0. The molecule has 3 aromatic rings. The highest BCUT2D eigenvalue weighted by Crippen LogP contribution is 2.13. The van der Waals surface area contributed by atoms with Gasteiger partial charge in [-0.1, -0.05) is 6.07 Å². The Bertz CT molecular complexity index is 624. The fourth-order valence-electron chi connectivity index (χ4n) is 1.69. The van der Waals surface area contributed by atoms with Crippen LogP contribution in [0.15, 0.2) is 49.2 Å². The smallest absolute Gasteiger partial charge is 0.123 e. The van der Waals surface area contributed by atoms with Gasteiger partial charge in [-0.15, -0.1) is 10.2 Å². The molecule has 0 aliphatic rings. The summed E-state index contributed by atoms with van der Waals surface area (Å²) < 4.78 is 3.71. The Morgan fingerprint density at radius 2 is 1.76 bits per heavy atom. The van der Waals surface area contributed by atoms with Gasteiger partial charge in [-0.3, -0.25) is 4.57 Å². The zero-order valence-electron chi connectivity index (χ0n) is 9.35. The van der Waals surface area contributed by atoms with E-state index in [9.17, 15) is 0 Å². The maximum Gasteiger partial charge on any atom is 0.123 e. The number of aromatic nitrogens is 5. The van der Waals surface area contributed by atoms with Crippen molar-refractivity contribution in [1.82, 2.24) is 24.5 Å². The van der Waals surface area contributed by atoms with Crippen molar-refractivity contribution in [3.05, 3.63) is 54.9 Å². The Hall–Kier alpha value is -2.43. The predicted molar refractivity (Wildman–Crippen MR) is 63.2 cm³/mol. The molecule has 1 aromatic carbocycles. The first-order chi connectivity index (χ1) is 8.33. The third-order valence-corrected chi connectivity index (χ3v) is 2.53. The average molecular weight is 225 g/mol. The molecule has 84 valence electrons. The Morgan fingerprint density at radius 1 is 1.00 bits per heavy atom. The number of hydrogen-bond donors (Lipinski definition) is 0. The van der Waals surface area contributed by atoms with E-state index in [1.807, 2.05) is 52.7 Å². The summed E-state index contributed by atoms with van der Waals surface area (Å²) in [4.78, 5) is 0. The zero-order valence-corrected chi connectivity index (χ0v) is 9.35. The van der Waals surface area contributed by atoms with Gasteiger partial charge in [0.05, 0.1) is 17.1 Å². The van der Waals surface area contributed by atoms with Gasteiger partial charge in [0.25, 0.3) is 0 Å². The number of benzene rings is 1. The van der Waals surface area contributed by atoms with Gasteiger partial charge in [0, 0.05) is 6.20 Å². The second-order valence-electron chi connectivity index (χ2n) is 3.79. The van der Waals surface area contributed by atoms with E-state index < -0.39 is 0 Å². The maximum absolute atomic E-state index is 4.38. The minimum Gasteiger partial charge on any atom is -0.288 e. The fourth-order valence-corrected chi connectivity index (χ4v) is 1.69. The minimum absolute atomic E-state index is 1.000. The first kappa shape index (κ1) is 9.77. The highest BCUT2D eigenvalue weighted by Gasteiger charge is 2.01. The molecule has 0 aliphatic carbocycles.